The molecule has 1 saturated carbocycles. The van der Waals surface area contributed by atoms with Crippen LogP contribution >= 0.6 is 0 Å². The fraction of sp³-hybridized carbons (Fsp3) is 0.609. The van der Waals surface area contributed by atoms with Gasteiger partial charge in [0.15, 0.2) is 0 Å². The van der Waals surface area contributed by atoms with Crippen molar-refractivity contribution in [2.24, 2.45) is 11.8 Å². The molecule has 1 atom stereocenters. The first-order valence-electron chi connectivity index (χ1n) is 11.2. The van der Waals surface area contributed by atoms with E-state index in [4.69, 9.17) is 0 Å². The first-order valence-corrected chi connectivity index (χ1v) is 11.2. The third-order valence-corrected chi connectivity index (χ3v) is 6.68. The zero-order valence-corrected chi connectivity index (χ0v) is 17.8. The Bertz CT molecular complexity index is 799. The molecule has 3 aliphatic rings. The van der Waals surface area contributed by atoms with Crippen LogP contribution in [0, 0.1) is 18.8 Å². The smallest absolute Gasteiger partial charge is 0.321 e. The number of nitrogens with one attached hydrogen (secondary N) is 1. The molecule has 1 N–H and O–H groups in total. The average Bonchev–Trinajstić information content (AvgIpc) is 2.72. The quantitative estimate of drug-likeness (QED) is 0.830. The van der Waals surface area contributed by atoms with Gasteiger partial charge in [-0.15, -0.1) is 0 Å². The molecule has 2 saturated heterocycles. The standard InChI is InChI=1S/C23H32N4O3/c1-17-5-2-9-20(15-17)24-23(30)27-10-4-8-19(16-27)22(29)26-13-11-25(12-14-26)21(28)18-6-3-7-18/h2,5,9,15,18-19H,3-4,6-8,10-14,16H2,1H3,(H,24,30). The van der Waals surface area contributed by atoms with Gasteiger partial charge in [-0.3, -0.25) is 9.59 Å². The van der Waals surface area contributed by atoms with Gasteiger partial charge in [-0.25, -0.2) is 4.79 Å². The second-order valence-electron chi connectivity index (χ2n) is 8.86. The van der Waals surface area contributed by atoms with Crippen molar-refractivity contribution in [3.05, 3.63) is 29.8 Å². The van der Waals surface area contributed by atoms with Crippen LogP contribution in [0.1, 0.15) is 37.7 Å². The number of nitrogens with zero attached hydrogens (tertiary/aromatic N) is 3. The van der Waals surface area contributed by atoms with E-state index in [1.165, 1.54) is 0 Å². The molecule has 4 rings (SSSR count). The Labute approximate surface area is 178 Å². The van der Waals surface area contributed by atoms with Crippen molar-refractivity contribution in [2.75, 3.05) is 44.6 Å². The lowest BCUT2D eigenvalue weighted by molar-refractivity contribution is -0.146. The van der Waals surface area contributed by atoms with Gasteiger partial charge in [-0.2, -0.15) is 0 Å². The summed E-state index contributed by atoms with van der Waals surface area (Å²) in [5, 5.41) is 2.95. The number of carbonyl (C=O) groups is 3. The van der Waals surface area contributed by atoms with Gasteiger partial charge in [-0.1, -0.05) is 18.6 Å². The van der Waals surface area contributed by atoms with Crippen LogP contribution in [0.4, 0.5) is 10.5 Å². The molecule has 2 heterocycles. The molecule has 7 nitrogen and oxygen atoms in total. The lowest BCUT2D eigenvalue weighted by atomic mass is 9.84. The predicted octanol–water partition coefficient (Wildman–Crippen LogP) is 2.71. The summed E-state index contributed by atoms with van der Waals surface area (Å²) in [6.45, 7) is 5.58. The number of likely N-dealkylation sites (tertiary alicyclic amines) is 1. The SMILES string of the molecule is Cc1cccc(NC(=O)N2CCCC(C(=O)N3CCN(C(=O)C4CCC4)CC3)C2)c1. The summed E-state index contributed by atoms with van der Waals surface area (Å²) in [6.07, 6.45) is 4.83. The van der Waals surface area contributed by atoms with Crippen molar-refractivity contribution in [2.45, 2.75) is 39.0 Å². The zero-order valence-electron chi connectivity index (χ0n) is 17.8. The van der Waals surface area contributed by atoms with E-state index in [1.807, 2.05) is 41.0 Å². The van der Waals surface area contributed by atoms with Crippen molar-refractivity contribution >= 4 is 23.5 Å². The number of piperidine rings is 1. The molecule has 1 aliphatic carbocycles. The van der Waals surface area contributed by atoms with Crippen molar-refractivity contribution in [3.8, 4) is 0 Å². The Kier molecular flexibility index (Phi) is 6.25. The molecule has 0 bridgehead atoms. The third-order valence-electron chi connectivity index (χ3n) is 6.68. The van der Waals surface area contributed by atoms with Gasteiger partial charge < -0.3 is 20.0 Å². The number of benzene rings is 1. The summed E-state index contributed by atoms with van der Waals surface area (Å²) in [6, 6.07) is 7.58. The first-order chi connectivity index (χ1) is 14.5. The number of hydrogen-bond donors (Lipinski definition) is 1. The number of rotatable bonds is 3. The van der Waals surface area contributed by atoms with Crippen molar-refractivity contribution < 1.29 is 14.4 Å². The molecule has 162 valence electrons. The molecule has 1 aromatic rings. The fourth-order valence-corrected chi connectivity index (χ4v) is 4.61. The number of hydrogen-bond acceptors (Lipinski definition) is 3. The van der Waals surface area contributed by atoms with E-state index in [0.29, 0.717) is 39.3 Å². The Morgan fingerprint density at radius 2 is 1.47 bits per heavy atom. The molecule has 2 aliphatic heterocycles. The van der Waals surface area contributed by atoms with Crippen LogP contribution in [-0.2, 0) is 9.59 Å². The van der Waals surface area contributed by atoms with E-state index in [2.05, 4.69) is 5.32 Å². The van der Waals surface area contributed by atoms with Crippen LogP contribution in [0.25, 0.3) is 0 Å². The number of urea groups is 1. The molecule has 0 radical (unpaired) electrons. The number of carbonyl (C=O) groups excluding carboxylic acids is 3. The Morgan fingerprint density at radius 3 is 2.07 bits per heavy atom. The van der Waals surface area contributed by atoms with Gasteiger partial charge in [0.2, 0.25) is 11.8 Å². The van der Waals surface area contributed by atoms with Crippen molar-refractivity contribution in [1.82, 2.24) is 14.7 Å². The van der Waals surface area contributed by atoms with Crippen LogP contribution in [0.3, 0.4) is 0 Å². The summed E-state index contributed by atoms with van der Waals surface area (Å²) in [5.41, 5.74) is 1.87. The average molecular weight is 413 g/mol. The first kappa shape index (κ1) is 20.7. The monoisotopic (exact) mass is 412 g/mol. The Balaban J connectivity index is 1.28. The highest BCUT2D eigenvalue weighted by Gasteiger charge is 2.35. The maximum absolute atomic E-state index is 13.1. The Morgan fingerprint density at radius 1 is 0.833 bits per heavy atom. The minimum absolute atomic E-state index is 0.124. The van der Waals surface area contributed by atoms with Gasteiger partial charge in [0.25, 0.3) is 0 Å². The van der Waals surface area contributed by atoms with E-state index < -0.39 is 0 Å². The van der Waals surface area contributed by atoms with Gasteiger partial charge in [0.05, 0.1) is 5.92 Å². The van der Waals surface area contributed by atoms with E-state index in [0.717, 1.165) is 43.4 Å². The van der Waals surface area contributed by atoms with Crippen molar-refractivity contribution in [3.63, 3.8) is 0 Å². The molecule has 7 heteroatoms. The highest BCUT2D eigenvalue weighted by Crippen LogP contribution is 2.29. The van der Waals surface area contributed by atoms with E-state index in [-0.39, 0.29) is 29.7 Å². The lowest BCUT2D eigenvalue weighted by Gasteiger charge is -2.40. The molecule has 0 aromatic heterocycles. The number of anilines is 1. The minimum atomic E-state index is -0.157. The highest BCUT2D eigenvalue weighted by molar-refractivity contribution is 5.90. The zero-order chi connectivity index (χ0) is 21.1. The van der Waals surface area contributed by atoms with E-state index in [9.17, 15) is 14.4 Å². The van der Waals surface area contributed by atoms with Crippen LogP contribution < -0.4 is 5.32 Å². The molecular formula is C23H32N4O3. The second-order valence-corrected chi connectivity index (χ2v) is 8.86. The highest BCUT2D eigenvalue weighted by atomic mass is 16.2. The third kappa shape index (κ3) is 4.60. The Hall–Kier alpha value is -2.57. The van der Waals surface area contributed by atoms with Crippen LogP contribution in [0.15, 0.2) is 24.3 Å². The number of amides is 4. The molecular weight excluding hydrogens is 380 g/mol. The predicted molar refractivity (Wildman–Crippen MR) is 115 cm³/mol. The van der Waals surface area contributed by atoms with Crippen LogP contribution in [-0.4, -0.2) is 71.8 Å². The van der Waals surface area contributed by atoms with Gasteiger partial charge in [-0.05, 0) is 50.3 Å². The summed E-state index contributed by atoms with van der Waals surface area (Å²) in [5.74, 6) is 0.450. The summed E-state index contributed by atoms with van der Waals surface area (Å²) >= 11 is 0. The summed E-state index contributed by atoms with van der Waals surface area (Å²) in [4.78, 5) is 43.7. The van der Waals surface area contributed by atoms with Gasteiger partial charge in [0.1, 0.15) is 0 Å². The van der Waals surface area contributed by atoms with Gasteiger partial charge in [0, 0.05) is 50.9 Å². The van der Waals surface area contributed by atoms with Crippen molar-refractivity contribution in [1.29, 1.82) is 0 Å². The molecule has 3 fully saturated rings. The largest absolute Gasteiger partial charge is 0.339 e. The molecule has 0 spiro atoms. The molecule has 1 unspecified atom stereocenters. The lowest BCUT2D eigenvalue weighted by Crippen LogP contribution is -2.55. The summed E-state index contributed by atoms with van der Waals surface area (Å²) < 4.78 is 0. The number of aryl methyl sites for hydroxylation is 1. The molecule has 1 aromatic carbocycles. The molecule has 30 heavy (non-hydrogen) atoms. The summed E-state index contributed by atoms with van der Waals surface area (Å²) in [7, 11) is 0. The van der Waals surface area contributed by atoms with Crippen LogP contribution in [0.5, 0.6) is 0 Å². The maximum Gasteiger partial charge on any atom is 0.321 e. The maximum atomic E-state index is 13.1. The minimum Gasteiger partial charge on any atom is -0.339 e. The van der Waals surface area contributed by atoms with E-state index >= 15 is 0 Å². The van der Waals surface area contributed by atoms with E-state index in [1.54, 1.807) is 4.90 Å². The van der Waals surface area contributed by atoms with Gasteiger partial charge >= 0.3 is 6.03 Å². The second kappa shape index (κ2) is 9.06. The molecule has 4 amide bonds. The normalized spacial score (nSPS) is 22.4. The fourth-order valence-electron chi connectivity index (χ4n) is 4.61. The van der Waals surface area contributed by atoms with Crippen LogP contribution in [0.2, 0.25) is 0 Å². The topological polar surface area (TPSA) is 73.0 Å². The number of piperazine rings is 1.